The molecule has 0 spiro atoms. The molecule has 11 atom stereocenters. The zero-order chi connectivity index (χ0) is 31.2. The van der Waals surface area contributed by atoms with E-state index >= 15 is 4.39 Å². The highest BCUT2D eigenvalue weighted by Crippen LogP contribution is 2.52. The topological polar surface area (TPSA) is 91.9 Å². The van der Waals surface area contributed by atoms with E-state index in [0.29, 0.717) is 51.2 Å². The Morgan fingerprint density at radius 1 is 0.956 bits per heavy atom. The molecule has 11 heteroatoms. The van der Waals surface area contributed by atoms with E-state index in [-0.39, 0.29) is 60.0 Å². The fourth-order valence-corrected chi connectivity index (χ4v) is 10.5. The van der Waals surface area contributed by atoms with Crippen molar-refractivity contribution in [3.63, 3.8) is 0 Å². The maximum Gasteiger partial charge on any atom is 0.410 e. The van der Waals surface area contributed by atoms with E-state index in [1.165, 1.54) is 19.3 Å². The minimum absolute atomic E-state index is 0.0227. The van der Waals surface area contributed by atoms with Crippen molar-refractivity contribution in [2.45, 2.75) is 126 Å². The smallest absolute Gasteiger partial charge is 0.410 e. The van der Waals surface area contributed by atoms with Crippen LogP contribution in [0, 0.1) is 17.8 Å². The molecule has 0 aromatic rings. The highest BCUT2D eigenvalue weighted by Gasteiger charge is 2.63. The number of alkyl halides is 1. The Morgan fingerprint density at radius 2 is 1.73 bits per heavy atom. The van der Waals surface area contributed by atoms with Crippen molar-refractivity contribution in [1.29, 1.82) is 0 Å². The molecule has 10 nitrogen and oxygen atoms in total. The highest BCUT2D eigenvalue weighted by atomic mass is 19.1. The highest BCUT2D eigenvalue weighted by molar-refractivity contribution is 6.20. The lowest BCUT2D eigenvalue weighted by Crippen LogP contribution is -2.75. The molecule has 5 aliphatic heterocycles. The second-order valence-corrected chi connectivity index (χ2v) is 15.9. The third-order valence-electron chi connectivity index (χ3n) is 12.3. The van der Waals surface area contributed by atoms with Crippen molar-refractivity contribution < 1.29 is 33.0 Å². The summed E-state index contributed by atoms with van der Waals surface area (Å²) in [5, 5.41) is 0. The number of halogens is 1. The average Bonchev–Trinajstić information content (AvgIpc) is 3.63. The summed E-state index contributed by atoms with van der Waals surface area (Å²) in [6.45, 7) is 8.57. The van der Waals surface area contributed by atoms with Crippen molar-refractivity contribution in [1.82, 2.24) is 19.6 Å². The fourth-order valence-electron chi connectivity index (χ4n) is 10.5. The molecule has 3 saturated carbocycles. The van der Waals surface area contributed by atoms with Crippen LogP contribution in [0.4, 0.5) is 9.18 Å². The second-order valence-electron chi connectivity index (χ2n) is 15.9. The van der Waals surface area contributed by atoms with Gasteiger partial charge in [0.1, 0.15) is 11.8 Å². The molecule has 0 radical (unpaired) electrons. The number of ketones is 1. The van der Waals surface area contributed by atoms with Crippen LogP contribution in [0.15, 0.2) is 11.8 Å². The molecule has 248 valence electrons. The van der Waals surface area contributed by atoms with Gasteiger partial charge in [-0.25, -0.2) is 9.18 Å². The molecule has 11 unspecified atom stereocenters. The molecule has 8 aliphatic rings. The summed E-state index contributed by atoms with van der Waals surface area (Å²) in [6, 6.07) is -0.682. The number of Topliss-reactive ketones (excluding diaryl/α,β-unsaturated/α-hetero) is 1. The minimum atomic E-state index is -1.27. The SMILES string of the molecule is CC(C)(C)OC(=O)N1CC2CC1CN2C1C(F)CC2C(=O)C(C(=O)N3CCOCC3)=CN3C4C(CCC5CCCCC54)OC1C23. The number of nitrogens with zero attached hydrogens (tertiary/aromatic N) is 4. The van der Waals surface area contributed by atoms with Gasteiger partial charge in [-0.05, 0) is 64.7 Å². The molecule has 4 saturated heterocycles. The predicted octanol–water partition coefficient (Wildman–Crippen LogP) is 3.14. The van der Waals surface area contributed by atoms with E-state index in [9.17, 15) is 14.4 Å². The molecule has 0 aromatic carbocycles. The lowest BCUT2D eigenvalue weighted by atomic mass is 9.63. The molecule has 7 fully saturated rings. The van der Waals surface area contributed by atoms with Crippen LogP contribution in [0.2, 0.25) is 0 Å². The Balaban J connectivity index is 1.11. The Hall–Kier alpha value is -2.24. The molecular formula is C34H49FN4O6. The lowest BCUT2D eigenvalue weighted by molar-refractivity contribution is -0.229. The Morgan fingerprint density at radius 3 is 2.47 bits per heavy atom. The van der Waals surface area contributed by atoms with Crippen LogP contribution in [-0.4, -0.2) is 131 Å². The summed E-state index contributed by atoms with van der Waals surface area (Å²) < 4.78 is 34.9. The van der Waals surface area contributed by atoms with Gasteiger partial charge in [-0.15, -0.1) is 0 Å². The molecular weight excluding hydrogens is 579 g/mol. The zero-order valence-electron chi connectivity index (χ0n) is 26.9. The van der Waals surface area contributed by atoms with E-state index in [1.807, 2.05) is 31.9 Å². The Kier molecular flexibility index (Phi) is 7.49. The molecule has 0 aromatic heterocycles. The second kappa shape index (κ2) is 11.2. The fraction of sp³-hybridized carbons (Fsp3) is 0.853. The maximum atomic E-state index is 16.7. The van der Waals surface area contributed by atoms with Gasteiger partial charge in [-0.2, -0.15) is 0 Å². The normalized spacial score (nSPS) is 42.9. The zero-order valence-corrected chi connectivity index (χ0v) is 26.9. The molecule has 2 bridgehead atoms. The Bertz CT molecular complexity index is 1250. The summed E-state index contributed by atoms with van der Waals surface area (Å²) in [5.74, 6) is -0.00127. The van der Waals surface area contributed by atoms with Gasteiger partial charge >= 0.3 is 6.09 Å². The number of fused-ring (bicyclic) bond motifs is 6. The van der Waals surface area contributed by atoms with E-state index in [0.717, 1.165) is 25.7 Å². The van der Waals surface area contributed by atoms with Crippen molar-refractivity contribution >= 4 is 17.8 Å². The van der Waals surface area contributed by atoms with E-state index < -0.39 is 29.8 Å². The number of likely N-dealkylation sites (tertiary alicyclic amines) is 2. The van der Waals surface area contributed by atoms with Gasteiger partial charge in [0.2, 0.25) is 0 Å². The summed E-state index contributed by atoms with van der Waals surface area (Å²) >= 11 is 0. The number of hydrogen-bond acceptors (Lipinski definition) is 8. The third kappa shape index (κ3) is 5.01. The molecule has 45 heavy (non-hydrogen) atoms. The first-order valence-electron chi connectivity index (χ1n) is 17.5. The van der Waals surface area contributed by atoms with Gasteiger partial charge in [-0.1, -0.05) is 19.3 Å². The van der Waals surface area contributed by atoms with Crippen LogP contribution in [0.3, 0.4) is 0 Å². The largest absolute Gasteiger partial charge is 0.444 e. The molecule has 5 heterocycles. The van der Waals surface area contributed by atoms with Crippen molar-refractivity contribution in [3.05, 3.63) is 11.8 Å². The summed E-state index contributed by atoms with van der Waals surface area (Å²) in [4.78, 5) is 49.1. The van der Waals surface area contributed by atoms with Gasteiger partial charge in [0.25, 0.3) is 5.91 Å². The van der Waals surface area contributed by atoms with Crippen molar-refractivity contribution in [2.24, 2.45) is 17.8 Å². The molecule has 2 amide bonds. The number of carbonyl (C=O) groups is 3. The van der Waals surface area contributed by atoms with E-state index in [4.69, 9.17) is 14.2 Å². The number of hydrogen-bond donors (Lipinski definition) is 0. The van der Waals surface area contributed by atoms with Gasteiger partial charge < -0.3 is 28.9 Å². The monoisotopic (exact) mass is 628 g/mol. The standard InChI is InChI=1S/C34H49FN4O6/c1-34(2,3)45-33(42)38-17-20-14-21(38)16-37(20)29-25(35)15-23-28-31(29)44-26-9-8-19-6-4-5-7-22(19)27(26)39(28)18-24(30(23)40)32(41)36-10-12-43-13-11-36/h18-23,25-29,31H,4-17H2,1-3H3. The predicted molar refractivity (Wildman–Crippen MR) is 162 cm³/mol. The lowest BCUT2D eigenvalue weighted by Gasteiger charge is -2.63. The first kappa shape index (κ1) is 30.1. The summed E-state index contributed by atoms with van der Waals surface area (Å²) in [7, 11) is 0. The number of morpholine rings is 2. The van der Waals surface area contributed by atoms with Gasteiger partial charge in [0.15, 0.2) is 5.78 Å². The van der Waals surface area contributed by atoms with Crippen molar-refractivity contribution in [2.75, 3.05) is 39.4 Å². The molecule has 8 rings (SSSR count). The van der Waals surface area contributed by atoms with Crippen LogP contribution >= 0.6 is 0 Å². The summed E-state index contributed by atoms with van der Waals surface area (Å²) in [6.07, 6.45) is 7.52. The van der Waals surface area contributed by atoms with Crippen LogP contribution in [0.1, 0.15) is 72.1 Å². The average molecular weight is 629 g/mol. The number of ether oxygens (including phenoxy) is 3. The van der Waals surface area contributed by atoms with Crippen LogP contribution < -0.4 is 0 Å². The minimum Gasteiger partial charge on any atom is -0.444 e. The molecule has 0 N–H and O–H groups in total. The maximum absolute atomic E-state index is 16.7. The number of piperazine rings is 1. The Labute approximate surface area is 265 Å². The van der Waals surface area contributed by atoms with Crippen LogP contribution in [-0.2, 0) is 23.8 Å². The van der Waals surface area contributed by atoms with Gasteiger partial charge in [0.05, 0.1) is 49.1 Å². The molecule has 3 aliphatic carbocycles. The third-order valence-corrected chi connectivity index (χ3v) is 12.3. The van der Waals surface area contributed by atoms with E-state index in [2.05, 4.69) is 9.80 Å². The van der Waals surface area contributed by atoms with Crippen LogP contribution in [0.5, 0.6) is 0 Å². The number of carbonyl (C=O) groups excluding carboxylic acids is 3. The van der Waals surface area contributed by atoms with Crippen molar-refractivity contribution in [3.8, 4) is 0 Å². The quantitative estimate of drug-likeness (QED) is 0.431. The number of amides is 2. The number of rotatable bonds is 2. The van der Waals surface area contributed by atoms with E-state index in [1.54, 1.807) is 4.90 Å². The van der Waals surface area contributed by atoms with Crippen LogP contribution in [0.25, 0.3) is 0 Å². The first-order chi connectivity index (χ1) is 21.6. The van der Waals surface area contributed by atoms with Gasteiger partial charge in [0, 0.05) is 50.4 Å². The summed E-state index contributed by atoms with van der Waals surface area (Å²) in [5.41, 5.74) is -0.355. The first-order valence-corrected chi connectivity index (χ1v) is 17.5. The van der Waals surface area contributed by atoms with Gasteiger partial charge in [-0.3, -0.25) is 14.5 Å².